The quantitative estimate of drug-likeness (QED) is 0.696. The fourth-order valence-electron chi connectivity index (χ4n) is 1.24. The first-order chi connectivity index (χ1) is 6.98. The molecule has 1 aromatic carbocycles. The van der Waals surface area contributed by atoms with Gasteiger partial charge in [-0.3, -0.25) is 0 Å². The molecule has 0 spiro atoms. The molecule has 0 saturated heterocycles. The molecule has 0 fully saturated rings. The lowest BCUT2D eigenvalue weighted by molar-refractivity contribution is 0.458. The van der Waals surface area contributed by atoms with Crippen molar-refractivity contribution in [1.82, 2.24) is 0 Å². The lowest BCUT2D eigenvalue weighted by atomic mass is 9.83. The van der Waals surface area contributed by atoms with Crippen LogP contribution in [0.5, 0.6) is 0 Å². The van der Waals surface area contributed by atoms with E-state index in [-0.39, 0.29) is 0 Å². The first kappa shape index (κ1) is 11.7. The van der Waals surface area contributed by atoms with E-state index in [1.165, 1.54) is 0 Å². The van der Waals surface area contributed by atoms with Crippen LogP contribution in [0.15, 0.2) is 36.2 Å². The lowest BCUT2D eigenvalue weighted by Crippen LogP contribution is -2.17. The van der Waals surface area contributed by atoms with E-state index in [1.807, 2.05) is 0 Å². The van der Waals surface area contributed by atoms with Gasteiger partial charge in [0, 0.05) is 16.5 Å². The standard InChI is InChI=1S/C12H11ClFN/c1-12(2,11(14)7-8-15)9-3-5-10(13)6-4-9/h3-7H,1-2H3/b11-7-. The minimum absolute atomic E-state index is 0.452. The Morgan fingerprint density at radius 3 is 2.40 bits per heavy atom. The van der Waals surface area contributed by atoms with Crippen LogP contribution in [0, 0.1) is 11.3 Å². The molecule has 0 N–H and O–H groups in total. The fourth-order valence-corrected chi connectivity index (χ4v) is 1.37. The first-order valence-corrected chi connectivity index (χ1v) is 4.88. The summed E-state index contributed by atoms with van der Waals surface area (Å²) in [5.41, 5.74) is -0.00348. The van der Waals surface area contributed by atoms with Crippen LogP contribution in [0.3, 0.4) is 0 Å². The second-order valence-electron chi connectivity index (χ2n) is 3.75. The zero-order valence-electron chi connectivity index (χ0n) is 8.59. The highest BCUT2D eigenvalue weighted by molar-refractivity contribution is 6.30. The molecule has 0 bridgehead atoms. The molecular formula is C12H11ClFN. The summed E-state index contributed by atoms with van der Waals surface area (Å²) >= 11 is 5.74. The van der Waals surface area contributed by atoms with Crippen LogP contribution in [0.1, 0.15) is 19.4 Å². The summed E-state index contributed by atoms with van der Waals surface area (Å²) in [6, 6.07) is 8.62. The fraction of sp³-hybridized carbons (Fsp3) is 0.250. The molecular weight excluding hydrogens is 213 g/mol. The van der Waals surface area contributed by atoms with Gasteiger partial charge < -0.3 is 0 Å². The number of hydrogen-bond acceptors (Lipinski definition) is 1. The van der Waals surface area contributed by atoms with E-state index < -0.39 is 11.2 Å². The maximum atomic E-state index is 13.6. The van der Waals surface area contributed by atoms with Gasteiger partial charge in [-0.2, -0.15) is 5.26 Å². The Kier molecular flexibility index (Phi) is 3.49. The third kappa shape index (κ3) is 2.57. The smallest absolute Gasteiger partial charge is 0.120 e. The van der Waals surface area contributed by atoms with Crippen LogP contribution in [0.25, 0.3) is 0 Å². The molecule has 0 amide bonds. The molecule has 0 atom stereocenters. The van der Waals surface area contributed by atoms with E-state index in [1.54, 1.807) is 44.2 Å². The average molecular weight is 224 g/mol. The van der Waals surface area contributed by atoms with Gasteiger partial charge in [-0.25, -0.2) is 4.39 Å². The number of hydrogen-bond donors (Lipinski definition) is 0. The minimum Gasteiger partial charge on any atom is -0.210 e. The maximum Gasteiger partial charge on any atom is 0.120 e. The number of halogens is 2. The Bertz CT molecular complexity index is 412. The predicted octanol–water partition coefficient (Wildman–Crippen LogP) is 3.99. The summed E-state index contributed by atoms with van der Waals surface area (Å²) in [7, 11) is 0. The second kappa shape index (κ2) is 4.46. The molecule has 0 aliphatic heterocycles. The van der Waals surface area contributed by atoms with Gasteiger partial charge in [0.25, 0.3) is 0 Å². The van der Waals surface area contributed by atoms with Gasteiger partial charge in [-0.15, -0.1) is 0 Å². The molecule has 78 valence electrons. The van der Waals surface area contributed by atoms with E-state index in [0.29, 0.717) is 5.02 Å². The van der Waals surface area contributed by atoms with Gasteiger partial charge in [0.15, 0.2) is 0 Å². The summed E-state index contributed by atoms with van der Waals surface area (Å²) in [5.74, 6) is -0.452. The van der Waals surface area contributed by atoms with Crippen molar-refractivity contribution < 1.29 is 4.39 Å². The van der Waals surface area contributed by atoms with Crippen LogP contribution < -0.4 is 0 Å². The number of nitrogens with zero attached hydrogens (tertiary/aromatic N) is 1. The molecule has 3 heteroatoms. The molecule has 1 nitrogen and oxygen atoms in total. The molecule has 0 aromatic heterocycles. The van der Waals surface area contributed by atoms with E-state index in [2.05, 4.69) is 0 Å². The molecule has 0 unspecified atom stereocenters. The maximum absolute atomic E-state index is 13.6. The van der Waals surface area contributed by atoms with Crippen molar-refractivity contribution >= 4 is 11.6 Å². The first-order valence-electron chi connectivity index (χ1n) is 4.50. The van der Waals surface area contributed by atoms with Crippen LogP contribution in [0.2, 0.25) is 5.02 Å². The van der Waals surface area contributed by atoms with E-state index in [4.69, 9.17) is 16.9 Å². The summed E-state index contributed by atoms with van der Waals surface area (Å²) in [6.45, 7) is 3.44. The molecule has 0 heterocycles. The van der Waals surface area contributed by atoms with Crippen LogP contribution in [0.4, 0.5) is 4.39 Å². The Labute approximate surface area is 93.8 Å². The van der Waals surface area contributed by atoms with Crippen molar-refractivity contribution in [2.24, 2.45) is 0 Å². The van der Waals surface area contributed by atoms with Crippen molar-refractivity contribution in [3.8, 4) is 6.07 Å². The normalized spacial score (nSPS) is 12.3. The highest BCUT2D eigenvalue weighted by Gasteiger charge is 2.25. The summed E-state index contributed by atoms with van der Waals surface area (Å²) in [6.07, 6.45) is 0.925. The van der Waals surface area contributed by atoms with Gasteiger partial charge in [-0.1, -0.05) is 23.7 Å². The van der Waals surface area contributed by atoms with Gasteiger partial charge in [-0.05, 0) is 31.5 Å². The molecule has 1 rings (SSSR count). The van der Waals surface area contributed by atoms with Crippen molar-refractivity contribution in [1.29, 1.82) is 5.26 Å². The van der Waals surface area contributed by atoms with Crippen LogP contribution in [-0.4, -0.2) is 0 Å². The van der Waals surface area contributed by atoms with E-state index in [9.17, 15) is 4.39 Å². The third-order valence-electron chi connectivity index (χ3n) is 2.35. The molecule has 0 radical (unpaired) electrons. The SMILES string of the molecule is CC(C)(/C(F)=C/C#N)c1ccc(Cl)cc1. The number of rotatable bonds is 2. The number of benzene rings is 1. The number of allylic oxidation sites excluding steroid dienone is 2. The van der Waals surface area contributed by atoms with Crippen molar-refractivity contribution in [2.45, 2.75) is 19.3 Å². The zero-order valence-corrected chi connectivity index (χ0v) is 9.35. The predicted molar refractivity (Wildman–Crippen MR) is 59.3 cm³/mol. The molecule has 0 saturated carbocycles. The average Bonchev–Trinajstić information content (AvgIpc) is 2.18. The van der Waals surface area contributed by atoms with Crippen molar-refractivity contribution in [3.05, 3.63) is 46.8 Å². The van der Waals surface area contributed by atoms with Gasteiger partial charge in [0.1, 0.15) is 5.83 Å². The monoisotopic (exact) mass is 223 g/mol. The highest BCUT2D eigenvalue weighted by atomic mass is 35.5. The summed E-state index contributed by atoms with van der Waals surface area (Å²) in [5, 5.41) is 9.01. The topological polar surface area (TPSA) is 23.8 Å². The molecule has 0 aliphatic carbocycles. The molecule has 15 heavy (non-hydrogen) atoms. The van der Waals surface area contributed by atoms with Crippen LogP contribution >= 0.6 is 11.6 Å². The molecule has 0 aliphatic rings. The summed E-state index contributed by atoms with van der Waals surface area (Å²) in [4.78, 5) is 0. The Morgan fingerprint density at radius 2 is 1.93 bits per heavy atom. The second-order valence-corrected chi connectivity index (χ2v) is 4.19. The molecule has 1 aromatic rings. The van der Waals surface area contributed by atoms with Crippen molar-refractivity contribution in [3.63, 3.8) is 0 Å². The lowest BCUT2D eigenvalue weighted by Gasteiger charge is -2.22. The van der Waals surface area contributed by atoms with Crippen LogP contribution in [-0.2, 0) is 5.41 Å². The minimum atomic E-state index is -0.791. The highest BCUT2D eigenvalue weighted by Crippen LogP contribution is 2.32. The van der Waals surface area contributed by atoms with E-state index >= 15 is 0 Å². The van der Waals surface area contributed by atoms with Gasteiger partial charge >= 0.3 is 0 Å². The summed E-state index contributed by atoms with van der Waals surface area (Å²) < 4.78 is 13.6. The Hall–Kier alpha value is -1.33. The van der Waals surface area contributed by atoms with Crippen molar-refractivity contribution in [2.75, 3.05) is 0 Å². The third-order valence-corrected chi connectivity index (χ3v) is 2.61. The van der Waals surface area contributed by atoms with E-state index in [0.717, 1.165) is 11.6 Å². The van der Waals surface area contributed by atoms with Gasteiger partial charge in [0.2, 0.25) is 0 Å². The Balaban J connectivity index is 3.12. The van der Waals surface area contributed by atoms with Gasteiger partial charge in [0.05, 0.1) is 6.07 Å². The number of nitriles is 1. The Morgan fingerprint density at radius 1 is 1.40 bits per heavy atom. The largest absolute Gasteiger partial charge is 0.210 e. The zero-order chi connectivity index (χ0) is 11.5.